The number of ether oxygens (including phenoxy) is 1. The first kappa shape index (κ1) is 10.4. The fraction of sp³-hybridized carbons (Fsp3) is 0.200. The van der Waals surface area contributed by atoms with Gasteiger partial charge in [0.15, 0.2) is 6.23 Å². The monoisotopic (exact) mass is 225 g/mol. The molecule has 1 aliphatic rings. The van der Waals surface area contributed by atoms with Crippen molar-refractivity contribution in [1.82, 2.24) is 5.32 Å². The summed E-state index contributed by atoms with van der Waals surface area (Å²) in [6.07, 6.45) is -0.0545. The van der Waals surface area contributed by atoms with Crippen molar-refractivity contribution in [2.75, 3.05) is 0 Å². The molecule has 0 radical (unpaired) electrons. The van der Waals surface area contributed by atoms with Crippen LogP contribution in [0.25, 0.3) is 0 Å². The Morgan fingerprint density at radius 1 is 0.941 bits per heavy atom. The maximum Gasteiger partial charge on any atom is 0.176 e. The molecule has 0 spiro atoms. The lowest BCUT2D eigenvalue weighted by molar-refractivity contribution is 0.128. The molecule has 0 unspecified atom stereocenters. The third kappa shape index (κ3) is 1.92. The van der Waals surface area contributed by atoms with Crippen LogP contribution >= 0.6 is 0 Å². The lowest BCUT2D eigenvalue weighted by atomic mass is 10.0. The van der Waals surface area contributed by atoms with Gasteiger partial charge in [-0.2, -0.15) is 0 Å². The molecule has 1 heterocycles. The highest BCUT2D eigenvalue weighted by Crippen LogP contribution is 2.34. The normalized spacial score (nSPS) is 22.6. The van der Waals surface area contributed by atoms with Gasteiger partial charge in [0.1, 0.15) is 5.75 Å². The Labute approximate surface area is 101 Å². The van der Waals surface area contributed by atoms with Gasteiger partial charge in [-0.1, -0.05) is 48.5 Å². The van der Waals surface area contributed by atoms with Gasteiger partial charge in [-0.3, -0.25) is 5.32 Å². The second-order valence-electron chi connectivity index (χ2n) is 4.33. The summed E-state index contributed by atoms with van der Waals surface area (Å²) in [6, 6.07) is 18.8. The van der Waals surface area contributed by atoms with Gasteiger partial charge in [0.2, 0.25) is 0 Å². The summed E-state index contributed by atoms with van der Waals surface area (Å²) in [4.78, 5) is 0. The zero-order chi connectivity index (χ0) is 11.7. The first-order valence-electron chi connectivity index (χ1n) is 5.91. The van der Waals surface area contributed by atoms with Gasteiger partial charge < -0.3 is 4.74 Å². The number of fused-ring (bicyclic) bond motifs is 1. The number of hydrogen-bond donors (Lipinski definition) is 1. The molecule has 0 aromatic heterocycles. The zero-order valence-electron chi connectivity index (χ0n) is 9.76. The average Bonchev–Trinajstić information content (AvgIpc) is 2.40. The zero-order valence-corrected chi connectivity index (χ0v) is 9.76. The van der Waals surface area contributed by atoms with E-state index in [4.69, 9.17) is 4.74 Å². The minimum Gasteiger partial charge on any atom is -0.471 e. The second kappa shape index (κ2) is 4.22. The molecular formula is C15H15NO. The van der Waals surface area contributed by atoms with Crippen LogP contribution in [0.4, 0.5) is 0 Å². The molecule has 3 rings (SSSR count). The van der Waals surface area contributed by atoms with Crippen LogP contribution in [0.3, 0.4) is 0 Å². The van der Waals surface area contributed by atoms with E-state index < -0.39 is 0 Å². The molecule has 2 nitrogen and oxygen atoms in total. The Balaban J connectivity index is 1.94. The number of para-hydroxylation sites is 1. The summed E-state index contributed by atoms with van der Waals surface area (Å²) in [5.74, 6) is 0.979. The van der Waals surface area contributed by atoms with Gasteiger partial charge in [-0.15, -0.1) is 0 Å². The molecule has 1 N–H and O–H groups in total. The van der Waals surface area contributed by atoms with Crippen molar-refractivity contribution in [3.05, 3.63) is 65.7 Å². The van der Waals surface area contributed by atoms with Gasteiger partial charge in [-0.25, -0.2) is 0 Å². The average molecular weight is 225 g/mol. The molecule has 0 saturated carbocycles. The van der Waals surface area contributed by atoms with Crippen LogP contribution in [0, 0.1) is 0 Å². The lowest BCUT2D eigenvalue weighted by Gasteiger charge is -2.32. The van der Waals surface area contributed by atoms with Crippen LogP contribution in [0.15, 0.2) is 54.6 Å². The fourth-order valence-corrected chi connectivity index (χ4v) is 2.22. The Hall–Kier alpha value is -1.80. The van der Waals surface area contributed by atoms with Crippen molar-refractivity contribution < 1.29 is 4.74 Å². The van der Waals surface area contributed by atoms with Crippen LogP contribution in [-0.4, -0.2) is 0 Å². The molecule has 1 aliphatic heterocycles. The summed E-state index contributed by atoms with van der Waals surface area (Å²) >= 11 is 0. The van der Waals surface area contributed by atoms with E-state index in [1.165, 1.54) is 5.56 Å². The third-order valence-electron chi connectivity index (χ3n) is 3.13. The van der Waals surface area contributed by atoms with E-state index in [0.717, 1.165) is 11.3 Å². The molecule has 0 fully saturated rings. The van der Waals surface area contributed by atoms with Gasteiger partial charge >= 0.3 is 0 Å². The fourth-order valence-electron chi connectivity index (χ4n) is 2.22. The Morgan fingerprint density at radius 2 is 1.65 bits per heavy atom. The molecule has 2 atom stereocenters. The molecule has 2 aromatic rings. The maximum absolute atomic E-state index is 5.98. The molecular weight excluding hydrogens is 210 g/mol. The largest absolute Gasteiger partial charge is 0.471 e. The highest BCUT2D eigenvalue weighted by molar-refractivity contribution is 5.38. The Bertz CT molecular complexity index is 509. The van der Waals surface area contributed by atoms with E-state index in [1.54, 1.807) is 0 Å². The highest BCUT2D eigenvalue weighted by atomic mass is 16.5. The second-order valence-corrected chi connectivity index (χ2v) is 4.33. The van der Waals surface area contributed by atoms with Crippen LogP contribution in [-0.2, 0) is 0 Å². The first-order chi connectivity index (χ1) is 8.34. The van der Waals surface area contributed by atoms with E-state index in [0.29, 0.717) is 6.04 Å². The van der Waals surface area contributed by atoms with E-state index in [9.17, 15) is 0 Å². The van der Waals surface area contributed by atoms with E-state index >= 15 is 0 Å². The summed E-state index contributed by atoms with van der Waals surface area (Å²) in [5, 5.41) is 3.47. The van der Waals surface area contributed by atoms with Crippen molar-refractivity contribution in [2.45, 2.75) is 19.2 Å². The number of benzene rings is 2. The predicted molar refractivity (Wildman–Crippen MR) is 67.8 cm³/mol. The van der Waals surface area contributed by atoms with Gasteiger partial charge in [0.05, 0.1) is 0 Å². The summed E-state index contributed by atoms with van der Waals surface area (Å²) in [7, 11) is 0. The quantitative estimate of drug-likeness (QED) is 0.802. The standard InChI is InChI=1S/C15H15NO/c1-11-13-9-5-6-10-14(13)17-15(16-11)12-7-3-2-4-8-12/h2-11,15-16H,1H3/t11-,15-/m0/s1. The van der Waals surface area contributed by atoms with Crippen LogP contribution in [0.2, 0.25) is 0 Å². The highest BCUT2D eigenvalue weighted by Gasteiger charge is 2.24. The number of rotatable bonds is 1. The topological polar surface area (TPSA) is 21.3 Å². The van der Waals surface area contributed by atoms with Gasteiger partial charge in [-0.05, 0) is 13.0 Å². The smallest absolute Gasteiger partial charge is 0.176 e. The molecule has 2 heteroatoms. The van der Waals surface area contributed by atoms with Gasteiger partial charge in [0.25, 0.3) is 0 Å². The summed E-state index contributed by atoms with van der Waals surface area (Å²) < 4.78 is 5.98. The Kier molecular flexibility index (Phi) is 2.57. The molecule has 86 valence electrons. The lowest BCUT2D eigenvalue weighted by Crippen LogP contribution is -2.33. The SMILES string of the molecule is C[C@@H]1N[C@H](c2ccccc2)Oc2ccccc21. The maximum atomic E-state index is 5.98. The molecule has 0 aliphatic carbocycles. The molecule has 0 amide bonds. The minimum absolute atomic E-state index is 0.0545. The van der Waals surface area contributed by atoms with Crippen molar-refractivity contribution >= 4 is 0 Å². The summed E-state index contributed by atoms with van der Waals surface area (Å²) in [6.45, 7) is 2.16. The van der Waals surface area contributed by atoms with Crippen molar-refractivity contribution in [1.29, 1.82) is 0 Å². The Morgan fingerprint density at radius 3 is 2.47 bits per heavy atom. The first-order valence-corrected chi connectivity index (χ1v) is 5.91. The third-order valence-corrected chi connectivity index (χ3v) is 3.13. The predicted octanol–water partition coefficient (Wildman–Crippen LogP) is 3.43. The molecule has 0 bridgehead atoms. The van der Waals surface area contributed by atoms with E-state index in [-0.39, 0.29) is 6.23 Å². The van der Waals surface area contributed by atoms with E-state index in [1.807, 2.05) is 36.4 Å². The van der Waals surface area contributed by atoms with Gasteiger partial charge in [0, 0.05) is 17.2 Å². The van der Waals surface area contributed by atoms with Crippen LogP contribution in [0.5, 0.6) is 5.75 Å². The van der Waals surface area contributed by atoms with E-state index in [2.05, 4.69) is 30.4 Å². The minimum atomic E-state index is -0.0545. The molecule has 17 heavy (non-hydrogen) atoms. The van der Waals surface area contributed by atoms with Crippen LogP contribution in [0.1, 0.15) is 30.3 Å². The number of hydrogen-bond acceptors (Lipinski definition) is 2. The molecule has 0 saturated heterocycles. The van der Waals surface area contributed by atoms with Crippen molar-refractivity contribution in [3.63, 3.8) is 0 Å². The van der Waals surface area contributed by atoms with Crippen molar-refractivity contribution in [2.24, 2.45) is 0 Å². The molecule has 2 aromatic carbocycles. The van der Waals surface area contributed by atoms with Crippen molar-refractivity contribution in [3.8, 4) is 5.75 Å². The summed E-state index contributed by atoms with van der Waals surface area (Å²) in [5.41, 5.74) is 2.38. The van der Waals surface area contributed by atoms with Crippen LogP contribution < -0.4 is 10.1 Å². The number of nitrogens with one attached hydrogen (secondary N) is 1.